The molecule has 0 spiro atoms. The molecule has 0 fully saturated rings. The van der Waals surface area contributed by atoms with E-state index in [-0.39, 0.29) is 11.8 Å². The van der Waals surface area contributed by atoms with Gasteiger partial charge in [-0.1, -0.05) is 11.6 Å². The highest BCUT2D eigenvalue weighted by Crippen LogP contribution is 2.17. The predicted octanol–water partition coefficient (Wildman–Crippen LogP) is 2.84. The average molecular weight is 246 g/mol. The molecule has 1 rings (SSSR count). The molecule has 0 aliphatic rings. The van der Waals surface area contributed by atoms with Gasteiger partial charge in [-0.05, 0) is 24.6 Å². The summed E-state index contributed by atoms with van der Waals surface area (Å²) in [6, 6.07) is 4.22. The summed E-state index contributed by atoms with van der Waals surface area (Å²) in [5.41, 5.74) is 0.606. The molecule has 5 heteroatoms. The van der Waals surface area contributed by atoms with Gasteiger partial charge in [0.15, 0.2) is 0 Å². The highest BCUT2D eigenvalue weighted by atomic mass is 35.5. The van der Waals surface area contributed by atoms with Gasteiger partial charge in [0.25, 0.3) is 0 Å². The molecule has 0 radical (unpaired) electrons. The Morgan fingerprint density at radius 1 is 1.50 bits per heavy atom. The molecule has 0 saturated heterocycles. The number of nitrogens with one attached hydrogen (secondary N) is 1. The van der Waals surface area contributed by atoms with Crippen LogP contribution in [0.2, 0.25) is 5.02 Å². The summed E-state index contributed by atoms with van der Waals surface area (Å²) in [4.78, 5) is 10.8. The van der Waals surface area contributed by atoms with Crippen molar-refractivity contribution in [2.75, 3.05) is 19.0 Å². The fourth-order valence-electron chi connectivity index (χ4n) is 1.22. The number of hydrogen-bond acceptors (Lipinski definition) is 3. The molecule has 0 aliphatic heterocycles. The Bertz CT molecular complexity index is 351. The van der Waals surface area contributed by atoms with E-state index < -0.39 is 0 Å². The van der Waals surface area contributed by atoms with Gasteiger partial charge in [0.05, 0.1) is 7.11 Å². The summed E-state index contributed by atoms with van der Waals surface area (Å²) in [6.45, 7) is 0.564. The second-order valence-electron chi connectivity index (χ2n) is 3.26. The third-order valence-corrected chi connectivity index (χ3v) is 2.20. The van der Waals surface area contributed by atoms with Crippen LogP contribution >= 0.6 is 11.6 Å². The normalized spacial score (nSPS) is 9.94. The van der Waals surface area contributed by atoms with Crippen LogP contribution in [0.3, 0.4) is 0 Å². The number of methoxy groups -OCH3 is 1. The van der Waals surface area contributed by atoms with Crippen molar-refractivity contribution in [1.29, 1.82) is 0 Å². The van der Waals surface area contributed by atoms with Crippen LogP contribution in [0, 0.1) is 5.82 Å². The van der Waals surface area contributed by atoms with Gasteiger partial charge in [0.1, 0.15) is 5.82 Å². The summed E-state index contributed by atoms with van der Waals surface area (Å²) >= 11 is 5.68. The molecule has 0 atom stereocenters. The van der Waals surface area contributed by atoms with Crippen molar-refractivity contribution in [2.24, 2.45) is 0 Å². The standard InChI is InChI=1S/C11H13ClFNO2/c1-16-11(15)3-2-4-14-10-6-8(12)5-9(13)7-10/h5-7,14H,2-4H2,1H3. The lowest BCUT2D eigenvalue weighted by atomic mass is 10.2. The van der Waals surface area contributed by atoms with Crippen molar-refractivity contribution < 1.29 is 13.9 Å². The molecule has 0 amide bonds. The number of ether oxygens (including phenoxy) is 1. The summed E-state index contributed by atoms with van der Waals surface area (Å²) < 4.78 is 17.4. The molecule has 16 heavy (non-hydrogen) atoms. The van der Waals surface area contributed by atoms with Gasteiger partial charge >= 0.3 is 5.97 Å². The zero-order valence-corrected chi connectivity index (χ0v) is 9.68. The molecule has 0 aliphatic carbocycles. The molecule has 0 unspecified atom stereocenters. The molecule has 0 bridgehead atoms. The quantitative estimate of drug-likeness (QED) is 0.640. The summed E-state index contributed by atoms with van der Waals surface area (Å²) in [5.74, 6) is -0.637. The topological polar surface area (TPSA) is 38.3 Å². The number of carbonyl (C=O) groups is 1. The van der Waals surface area contributed by atoms with E-state index in [9.17, 15) is 9.18 Å². The second kappa shape index (κ2) is 6.33. The van der Waals surface area contributed by atoms with Crippen LogP contribution < -0.4 is 5.32 Å². The molecule has 88 valence electrons. The fourth-order valence-corrected chi connectivity index (χ4v) is 1.45. The molecule has 0 heterocycles. The van der Waals surface area contributed by atoms with Crippen LogP contribution in [0.4, 0.5) is 10.1 Å². The summed E-state index contributed by atoms with van der Waals surface area (Å²) in [5, 5.41) is 3.32. The van der Waals surface area contributed by atoms with Gasteiger partial charge in [0, 0.05) is 23.7 Å². The zero-order chi connectivity index (χ0) is 12.0. The molecule has 0 aromatic heterocycles. The minimum Gasteiger partial charge on any atom is -0.469 e. The first-order valence-corrected chi connectivity index (χ1v) is 5.26. The van der Waals surface area contributed by atoms with Crippen LogP contribution in [0.5, 0.6) is 0 Å². The summed E-state index contributed by atoms with van der Waals surface area (Å²) in [7, 11) is 1.35. The summed E-state index contributed by atoms with van der Waals surface area (Å²) in [6.07, 6.45) is 0.966. The van der Waals surface area contributed by atoms with Gasteiger partial charge in [-0.25, -0.2) is 4.39 Å². The van der Waals surface area contributed by atoms with Gasteiger partial charge in [-0.3, -0.25) is 4.79 Å². The number of esters is 1. The Morgan fingerprint density at radius 2 is 2.25 bits per heavy atom. The average Bonchev–Trinajstić information content (AvgIpc) is 2.22. The van der Waals surface area contributed by atoms with Gasteiger partial charge < -0.3 is 10.1 Å². The number of carbonyl (C=O) groups excluding carboxylic acids is 1. The maximum Gasteiger partial charge on any atom is 0.305 e. The number of benzene rings is 1. The Kier molecular flexibility index (Phi) is 5.05. The van der Waals surface area contributed by atoms with E-state index in [0.29, 0.717) is 30.1 Å². The van der Waals surface area contributed by atoms with Crippen molar-refractivity contribution in [2.45, 2.75) is 12.8 Å². The maximum absolute atomic E-state index is 12.9. The molecule has 3 nitrogen and oxygen atoms in total. The smallest absolute Gasteiger partial charge is 0.305 e. The maximum atomic E-state index is 12.9. The Morgan fingerprint density at radius 3 is 2.88 bits per heavy atom. The van der Waals surface area contributed by atoms with E-state index >= 15 is 0 Å². The largest absolute Gasteiger partial charge is 0.469 e. The molecular weight excluding hydrogens is 233 g/mol. The Balaban J connectivity index is 2.34. The number of anilines is 1. The van der Waals surface area contributed by atoms with Crippen molar-refractivity contribution in [3.8, 4) is 0 Å². The van der Waals surface area contributed by atoms with Gasteiger partial charge in [0.2, 0.25) is 0 Å². The first kappa shape index (κ1) is 12.8. The minimum atomic E-state index is -0.386. The van der Waals surface area contributed by atoms with Crippen LogP contribution in [0.15, 0.2) is 18.2 Å². The number of hydrogen-bond donors (Lipinski definition) is 1. The van der Waals surface area contributed by atoms with Crippen molar-refractivity contribution >= 4 is 23.3 Å². The molecule has 0 saturated carbocycles. The molecule has 1 N–H and O–H groups in total. The molecule has 1 aromatic carbocycles. The lowest BCUT2D eigenvalue weighted by molar-refractivity contribution is -0.140. The third kappa shape index (κ3) is 4.49. The first-order valence-electron chi connectivity index (χ1n) is 4.88. The van der Waals surface area contributed by atoms with Crippen LogP contribution in [0.25, 0.3) is 0 Å². The predicted molar refractivity (Wildman–Crippen MR) is 61.1 cm³/mol. The number of halogens is 2. The van der Waals surface area contributed by atoms with E-state index in [0.717, 1.165) is 0 Å². The zero-order valence-electron chi connectivity index (χ0n) is 8.93. The highest BCUT2D eigenvalue weighted by molar-refractivity contribution is 6.30. The van der Waals surface area contributed by atoms with Gasteiger partial charge in [-0.15, -0.1) is 0 Å². The lowest BCUT2D eigenvalue weighted by Gasteiger charge is -2.06. The van der Waals surface area contributed by atoms with E-state index in [1.807, 2.05) is 0 Å². The minimum absolute atomic E-state index is 0.251. The van der Waals surface area contributed by atoms with E-state index in [1.54, 1.807) is 6.07 Å². The highest BCUT2D eigenvalue weighted by Gasteiger charge is 2.01. The fraction of sp³-hybridized carbons (Fsp3) is 0.364. The van der Waals surface area contributed by atoms with Crippen LogP contribution in [0.1, 0.15) is 12.8 Å². The molecule has 1 aromatic rings. The van der Waals surface area contributed by atoms with Crippen molar-refractivity contribution in [1.82, 2.24) is 0 Å². The van der Waals surface area contributed by atoms with Crippen LogP contribution in [-0.2, 0) is 9.53 Å². The van der Waals surface area contributed by atoms with Crippen molar-refractivity contribution in [3.05, 3.63) is 29.0 Å². The van der Waals surface area contributed by atoms with Gasteiger partial charge in [-0.2, -0.15) is 0 Å². The van der Waals surface area contributed by atoms with E-state index in [1.165, 1.54) is 19.2 Å². The Labute approximate surface area is 98.5 Å². The monoisotopic (exact) mass is 245 g/mol. The first-order chi connectivity index (χ1) is 7.61. The SMILES string of the molecule is COC(=O)CCCNc1cc(F)cc(Cl)c1. The lowest BCUT2D eigenvalue weighted by Crippen LogP contribution is -2.06. The Hall–Kier alpha value is -1.29. The number of rotatable bonds is 5. The van der Waals surface area contributed by atoms with E-state index in [4.69, 9.17) is 11.6 Å². The molecular formula is C11H13ClFNO2. The third-order valence-electron chi connectivity index (χ3n) is 1.98. The van der Waals surface area contributed by atoms with E-state index in [2.05, 4.69) is 10.1 Å². The van der Waals surface area contributed by atoms with Crippen molar-refractivity contribution in [3.63, 3.8) is 0 Å². The van der Waals surface area contributed by atoms with Crippen LogP contribution in [-0.4, -0.2) is 19.6 Å². The second-order valence-corrected chi connectivity index (χ2v) is 3.70.